The highest BCUT2D eigenvalue weighted by Gasteiger charge is 2.35. The van der Waals surface area contributed by atoms with Gasteiger partial charge in [-0.2, -0.15) is 0 Å². The Balaban J connectivity index is 1.98. The number of hydrogen-bond acceptors (Lipinski definition) is 3. The molecule has 3 N–H and O–H groups in total. The summed E-state index contributed by atoms with van der Waals surface area (Å²) in [5.41, 5.74) is 6.26. The topological polar surface area (TPSA) is 58.4 Å². The summed E-state index contributed by atoms with van der Waals surface area (Å²) in [5, 5.41) is 3.19. The number of benzene rings is 1. The quantitative estimate of drug-likeness (QED) is 0.840. The van der Waals surface area contributed by atoms with E-state index in [4.69, 9.17) is 5.73 Å². The van der Waals surface area contributed by atoms with Crippen LogP contribution in [0.3, 0.4) is 0 Å². The maximum atomic E-state index is 12.8. The van der Waals surface area contributed by atoms with E-state index in [1.165, 1.54) is 6.42 Å². The number of piperidine rings is 1. The Kier molecular flexibility index (Phi) is 6.01. The molecule has 1 unspecified atom stereocenters. The van der Waals surface area contributed by atoms with Crippen LogP contribution in [0.25, 0.3) is 0 Å². The van der Waals surface area contributed by atoms with Gasteiger partial charge in [-0.05, 0) is 63.4 Å². The van der Waals surface area contributed by atoms with Crippen LogP contribution in [-0.4, -0.2) is 37.5 Å². The highest BCUT2D eigenvalue weighted by Crippen LogP contribution is 2.26. The monoisotopic (exact) mass is 367 g/mol. The summed E-state index contributed by atoms with van der Waals surface area (Å²) >= 11 is 3.41. The summed E-state index contributed by atoms with van der Waals surface area (Å²) in [6, 6.07) is 7.69. The van der Waals surface area contributed by atoms with Gasteiger partial charge >= 0.3 is 0 Å². The van der Waals surface area contributed by atoms with Crippen LogP contribution in [0.4, 0.5) is 0 Å². The first-order valence-electron chi connectivity index (χ1n) is 7.94. The zero-order chi connectivity index (χ0) is 16.2. The lowest BCUT2D eigenvalue weighted by Crippen LogP contribution is -2.53. The molecule has 4 nitrogen and oxygen atoms in total. The minimum atomic E-state index is -0.960. The average Bonchev–Trinajstić information content (AvgIpc) is 2.53. The molecule has 1 aliphatic heterocycles. The van der Waals surface area contributed by atoms with E-state index in [9.17, 15) is 4.79 Å². The summed E-state index contributed by atoms with van der Waals surface area (Å²) in [4.78, 5) is 14.7. The zero-order valence-electron chi connectivity index (χ0n) is 13.4. The largest absolute Gasteiger partial charge is 0.341 e. The first-order valence-corrected chi connectivity index (χ1v) is 8.73. The average molecular weight is 368 g/mol. The van der Waals surface area contributed by atoms with E-state index in [1.807, 2.05) is 43.1 Å². The van der Waals surface area contributed by atoms with E-state index < -0.39 is 5.54 Å². The third-order valence-electron chi connectivity index (χ3n) is 4.59. The van der Waals surface area contributed by atoms with Crippen LogP contribution in [0.5, 0.6) is 0 Å². The molecule has 1 saturated heterocycles. The van der Waals surface area contributed by atoms with E-state index in [1.54, 1.807) is 0 Å². The summed E-state index contributed by atoms with van der Waals surface area (Å²) in [7, 11) is 1.98. The van der Waals surface area contributed by atoms with Crippen molar-refractivity contribution in [3.8, 4) is 0 Å². The van der Waals surface area contributed by atoms with E-state index in [2.05, 4.69) is 21.2 Å². The molecule has 122 valence electrons. The number of hydrogen-bond donors (Lipinski definition) is 2. The third kappa shape index (κ3) is 4.09. The second kappa shape index (κ2) is 7.57. The van der Waals surface area contributed by atoms with Crippen LogP contribution in [-0.2, 0) is 10.3 Å². The summed E-state index contributed by atoms with van der Waals surface area (Å²) in [5.74, 6) is 0.745. The molecule has 1 atom stereocenters. The number of nitrogens with one attached hydrogen (secondary N) is 1. The molecule has 0 aromatic heterocycles. The van der Waals surface area contributed by atoms with Gasteiger partial charge in [0.2, 0.25) is 5.91 Å². The molecular formula is C17H26BrN3O. The first-order chi connectivity index (χ1) is 10.4. The van der Waals surface area contributed by atoms with Crippen molar-refractivity contribution in [3.63, 3.8) is 0 Å². The van der Waals surface area contributed by atoms with E-state index in [-0.39, 0.29) is 5.91 Å². The fourth-order valence-electron chi connectivity index (χ4n) is 3.02. The summed E-state index contributed by atoms with van der Waals surface area (Å²) in [6.45, 7) is 4.49. The first kappa shape index (κ1) is 17.4. The van der Waals surface area contributed by atoms with Crippen LogP contribution < -0.4 is 11.1 Å². The van der Waals surface area contributed by atoms with E-state index in [0.29, 0.717) is 5.92 Å². The fourth-order valence-corrected chi connectivity index (χ4v) is 3.29. The van der Waals surface area contributed by atoms with Gasteiger partial charge < -0.3 is 16.0 Å². The Morgan fingerprint density at radius 3 is 2.50 bits per heavy atom. The fraction of sp³-hybridized carbons (Fsp3) is 0.588. The SMILES string of the molecule is CNCCC1CCN(C(=O)C(C)(N)c2ccc(Br)cc2)CC1. The normalized spacial score (nSPS) is 19.0. The molecule has 1 fully saturated rings. The Morgan fingerprint density at radius 1 is 1.36 bits per heavy atom. The molecular weight excluding hydrogens is 342 g/mol. The molecule has 0 aliphatic carbocycles. The molecule has 1 aliphatic rings. The lowest BCUT2D eigenvalue weighted by Gasteiger charge is -2.37. The van der Waals surface area contributed by atoms with Crippen molar-refractivity contribution in [2.45, 2.75) is 31.7 Å². The molecule has 0 radical (unpaired) electrons. The molecule has 0 bridgehead atoms. The second-order valence-electron chi connectivity index (χ2n) is 6.34. The van der Waals surface area contributed by atoms with Gasteiger partial charge in [0.15, 0.2) is 0 Å². The van der Waals surface area contributed by atoms with Gasteiger partial charge in [0.1, 0.15) is 5.54 Å². The second-order valence-corrected chi connectivity index (χ2v) is 7.25. The summed E-state index contributed by atoms with van der Waals surface area (Å²) < 4.78 is 0.991. The predicted molar refractivity (Wildman–Crippen MR) is 93.5 cm³/mol. The van der Waals surface area contributed by atoms with Crippen molar-refractivity contribution in [1.82, 2.24) is 10.2 Å². The molecule has 0 saturated carbocycles. The number of nitrogens with two attached hydrogens (primary N) is 1. The zero-order valence-corrected chi connectivity index (χ0v) is 15.0. The van der Waals surface area contributed by atoms with Gasteiger partial charge in [-0.25, -0.2) is 0 Å². The predicted octanol–water partition coefficient (Wildman–Crippen LogP) is 2.47. The van der Waals surface area contributed by atoms with Gasteiger partial charge in [-0.3, -0.25) is 4.79 Å². The Bertz CT molecular complexity index is 493. The van der Waals surface area contributed by atoms with Crippen molar-refractivity contribution in [2.75, 3.05) is 26.7 Å². The van der Waals surface area contributed by atoms with Crippen molar-refractivity contribution in [1.29, 1.82) is 0 Å². The summed E-state index contributed by atoms with van der Waals surface area (Å²) in [6.07, 6.45) is 3.33. The third-order valence-corrected chi connectivity index (χ3v) is 5.12. The van der Waals surface area contributed by atoms with Crippen molar-refractivity contribution in [3.05, 3.63) is 34.3 Å². The molecule has 1 amide bonds. The van der Waals surface area contributed by atoms with Gasteiger partial charge in [0.05, 0.1) is 0 Å². The van der Waals surface area contributed by atoms with Gasteiger partial charge in [0.25, 0.3) is 0 Å². The molecule has 1 heterocycles. The highest BCUT2D eigenvalue weighted by atomic mass is 79.9. The minimum Gasteiger partial charge on any atom is -0.341 e. The lowest BCUT2D eigenvalue weighted by molar-refractivity contribution is -0.138. The van der Waals surface area contributed by atoms with E-state index in [0.717, 1.165) is 42.5 Å². The molecule has 1 aromatic rings. The maximum Gasteiger partial charge on any atom is 0.246 e. The van der Waals surface area contributed by atoms with Gasteiger partial charge in [-0.15, -0.1) is 0 Å². The molecule has 1 aromatic carbocycles. The maximum absolute atomic E-state index is 12.8. The van der Waals surface area contributed by atoms with Crippen LogP contribution >= 0.6 is 15.9 Å². The number of carbonyl (C=O) groups excluding carboxylic acids is 1. The van der Waals surface area contributed by atoms with Crippen LogP contribution in [0, 0.1) is 5.92 Å². The Morgan fingerprint density at radius 2 is 1.95 bits per heavy atom. The van der Waals surface area contributed by atoms with E-state index >= 15 is 0 Å². The number of carbonyl (C=O) groups is 1. The van der Waals surface area contributed by atoms with Gasteiger partial charge in [-0.1, -0.05) is 28.1 Å². The lowest BCUT2D eigenvalue weighted by atomic mass is 9.88. The highest BCUT2D eigenvalue weighted by molar-refractivity contribution is 9.10. The number of likely N-dealkylation sites (tertiary alicyclic amines) is 1. The van der Waals surface area contributed by atoms with Crippen LogP contribution in [0.1, 0.15) is 31.7 Å². The smallest absolute Gasteiger partial charge is 0.246 e. The minimum absolute atomic E-state index is 0.0295. The van der Waals surface area contributed by atoms with Crippen LogP contribution in [0.15, 0.2) is 28.7 Å². The van der Waals surface area contributed by atoms with Crippen molar-refractivity contribution < 1.29 is 4.79 Å². The molecule has 2 rings (SSSR count). The number of rotatable bonds is 5. The number of amides is 1. The van der Waals surface area contributed by atoms with Gasteiger partial charge in [0, 0.05) is 17.6 Å². The number of halogens is 1. The molecule has 22 heavy (non-hydrogen) atoms. The number of nitrogens with zero attached hydrogens (tertiary/aromatic N) is 1. The molecule has 5 heteroatoms. The Hall–Kier alpha value is -0.910. The van der Waals surface area contributed by atoms with Crippen LogP contribution in [0.2, 0.25) is 0 Å². The standard InChI is InChI=1S/C17H26BrN3O/c1-17(19,14-3-5-15(18)6-4-14)16(22)21-11-8-13(9-12-21)7-10-20-2/h3-6,13,20H,7-12,19H2,1-2H3. The Labute approximate surface area is 141 Å². The molecule has 0 spiro atoms. The van der Waals surface area contributed by atoms with Crippen molar-refractivity contribution >= 4 is 21.8 Å². The van der Waals surface area contributed by atoms with Crippen molar-refractivity contribution in [2.24, 2.45) is 11.7 Å².